The van der Waals surface area contributed by atoms with Crippen LogP contribution >= 0.6 is 15.9 Å². The Morgan fingerprint density at radius 1 is 1.05 bits per heavy atom. The Bertz CT molecular complexity index is 584. The third-order valence-corrected chi connectivity index (χ3v) is 4.36. The van der Waals surface area contributed by atoms with Gasteiger partial charge in [-0.3, -0.25) is 0 Å². The molecule has 2 rings (SSSR count). The Labute approximate surface area is 132 Å². The molecule has 0 heterocycles. The van der Waals surface area contributed by atoms with Gasteiger partial charge in [-0.25, -0.2) is 8.78 Å². The number of rotatable bonds is 6. The van der Waals surface area contributed by atoms with E-state index in [2.05, 4.69) is 21.2 Å². The van der Waals surface area contributed by atoms with Gasteiger partial charge in [0.15, 0.2) is 0 Å². The van der Waals surface area contributed by atoms with E-state index in [1.165, 1.54) is 18.2 Å². The number of nitrogens with one attached hydrogen (secondary N) is 1. The maximum absolute atomic E-state index is 13.6. The van der Waals surface area contributed by atoms with Gasteiger partial charge in [-0.05, 0) is 77.6 Å². The predicted molar refractivity (Wildman–Crippen MR) is 85.3 cm³/mol. The van der Waals surface area contributed by atoms with Crippen LogP contribution in [-0.4, -0.2) is 13.6 Å². The first-order chi connectivity index (χ1) is 10.1. The van der Waals surface area contributed by atoms with Gasteiger partial charge < -0.3 is 5.32 Å². The van der Waals surface area contributed by atoms with Crippen LogP contribution in [0.2, 0.25) is 0 Å². The molecule has 112 valence electrons. The van der Waals surface area contributed by atoms with Crippen LogP contribution in [0.5, 0.6) is 0 Å². The first-order valence-corrected chi connectivity index (χ1v) is 7.71. The summed E-state index contributed by atoms with van der Waals surface area (Å²) >= 11 is 3.31. The molecule has 0 aromatic heterocycles. The summed E-state index contributed by atoms with van der Waals surface area (Å²) in [4.78, 5) is 0. The number of halogens is 3. The highest BCUT2D eigenvalue weighted by Crippen LogP contribution is 2.24. The Morgan fingerprint density at radius 2 is 1.76 bits per heavy atom. The molecular weight excluding hydrogens is 336 g/mol. The highest BCUT2D eigenvalue weighted by Gasteiger charge is 2.13. The Kier molecular flexibility index (Phi) is 5.88. The van der Waals surface area contributed by atoms with Gasteiger partial charge in [0.25, 0.3) is 0 Å². The number of hydrogen-bond donors (Lipinski definition) is 1. The summed E-state index contributed by atoms with van der Waals surface area (Å²) < 4.78 is 27.1. The van der Waals surface area contributed by atoms with Gasteiger partial charge in [0.2, 0.25) is 0 Å². The van der Waals surface area contributed by atoms with E-state index in [1.54, 1.807) is 18.2 Å². The van der Waals surface area contributed by atoms with E-state index in [4.69, 9.17) is 0 Å². The SMILES string of the molecule is CNCC(Cc1ccc(F)cc1)Cc1cccc(F)c1Br. The van der Waals surface area contributed by atoms with Crippen LogP contribution in [0.25, 0.3) is 0 Å². The molecule has 0 amide bonds. The van der Waals surface area contributed by atoms with E-state index in [0.717, 1.165) is 30.5 Å². The zero-order valence-corrected chi connectivity index (χ0v) is 13.5. The third kappa shape index (κ3) is 4.61. The number of benzene rings is 2. The Morgan fingerprint density at radius 3 is 2.43 bits per heavy atom. The molecule has 1 nitrogen and oxygen atoms in total. The molecule has 2 aromatic carbocycles. The summed E-state index contributed by atoms with van der Waals surface area (Å²) in [7, 11) is 1.90. The second-order valence-electron chi connectivity index (χ2n) is 5.17. The van der Waals surface area contributed by atoms with Crippen molar-refractivity contribution in [3.8, 4) is 0 Å². The fraction of sp³-hybridized carbons (Fsp3) is 0.294. The van der Waals surface area contributed by atoms with Gasteiger partial charge in [-0.2, -0.15) is 0 Å². The van der Waals surface area contributed by atoms with E-state index in [1.807, 2.05) is 13.1 Å². The molecule has 0 radical (unpaired) electrons. The highest BCUT2D eigenvalue weighted by atomic mass is 79.9. The van der Waals surface area contributed by atoms with E-state index in [-0.39, 0.29) is 11.6 Å². The van der Waals surface area contributed by atoms with E-state index in [9.17, 15) is 8.78 Å². The zero-order chi connectivity index (χ0) is 15.2. The van der Waals surface area contributed by atoms with Crippen LogP contribution in [-0.2, 0) is 12.8 Å². The van der Waals surface area contributed by atoms with Gasteiger partial charge in [-0.15, -0.1) is 0 Å². The van der Waals surface area contributed by atoms with Gasteiger partial charge in [0.1, 0.15) is 11.6 Å². The lowest BCUT2D eigenvalue weighted by molar-refractivity contribution is 0.490. The van der Waals surface area contributed by atoms with Gasteiger partial charge >= 0.3 is 0 Å². The standard InChI is InChI=1S/C17H18BrF2N/c1-21-11-13(9-12-5-7-15(19)8-6-12)10-14-3-2-4-16(20)17(14)18/h2-8,13,21H,9-11H2,1H3. The zero-order valence-electron chi connectivity index (χ0n) is 11.9. The maximum atomic E-state index is 13.6. The average molecular weight is 354 g/mol. The first kappa shape index (κ1) is 16.1. The van der Waals surface area contributed by atoms with Crippen LogP contribution in [0.15, 0.2) is 46.9 Å². The lowest BCUT2D eigenvalue weighted by Crippen LogP contribution is -2.23. The minimum atomic E-state index is -0.238. The van der Waals surface area contributed by atoms with Crippen LogP contribution in [0.1, 0.15) is 11.1 Å². The molecule has 2 aromatic rings. The molecule has 0 spiro atoms. The van der Waals surface area contributed by atoms with Gasteiger partial charge in [0, 0.05) is 0 Å². The number of hydrogen-bond acceptors (Lipinski definition) is 1. The van der Waals surface area contributed by atoms with Crippen LogP contribution < -0.4 is 5.32 Å². The summed E-state index contributed by atoms with van der Waals surface area (Å²) in [5.41, 5.74) is 2.04. The minimum Gasteiger partial charge on any atom is -0.319 e. The van der Waals surface area contributed by atoms with Crippen molar-refractivity contribution in [1.29, 1.82) is 0 Å². The van der Waals surface area contributed by atoms with E-state index < -0.39 is 0 Å². The molecule has 0 bridgehead atoms. The monoisotopic (exact) mass is 353 g/mol. The first-order valence-electron chi connectivity index (χ1n) is 6.92. The minimum absolute atomic E-state index is 0.225. The molecule has 1 atom stereocenters. The summed E-state index contributed by atoms with van der Waals surface area (Å²) in [6.07, 6.45) is 1.58. The van der Waals surface area contributed by atoms with E-state index >= 15 is 0 Å². The van der Waals surface area contributed by atoms with Crippen LogP contribution in [0.3, 0.4) is 0 Å². The van der Waals surface area contributed by atoms with E-state index in [0.29, 0.717) is 10.4 Å². The molecule has 21 heavy (non-hydrogen) atoms. The molecule has 4 heteroatoms. The molecule has 0 aliphatic rings. The van der Waals surface area contributed by atoms with Crippen molar-refractivity contribution in [2.75, 3.05) is 13.6 Å². The predicted octanol–water partition coefficient (Wildman–Crippen LogP) is 4.35. The summed E-state index contributed by atoms with van der Waals surface area (Å²) in [6.45, 7) is 0.820. The molecule has 1 N–H and O–H groups in total. The Hall–Kier alpha value is -1.26. The fourth-order valence-corrected chi connectivity index (χ4v) is 2.90. The Balaban J connectivity index is 2.11. The smallest absolute Gasteiger partial charge is 0.137 e. The van der Waals surface area contributed by atoms with Crippen molar-refractivity contribution in [2.45, 2.75) is 12.8 Å². The molecule has 0 fully saturated rings. The summed E-state index contributed by atoms with van der Waals surface area (Å²) in [5, 5.41) is 3.17. The summed E-state index contributed by atoms with van der Waals surface area (Å²) in [5.74, 6) is -0.146. The lowest BCUT2D eigenvalue weighted by atomic mass is 9.92. The largest absolute Gasteiger partial charge is 0.319 e. The second-order valence-corrected chi connectivity index (χ2v) is 5.96. The van der Waals surface area contributed by atoms with Crippen molar-refractivity contribution in [1.82, 2.24) is 5.32 Å². The average Bonchev–Trinajstić information content (AvgIpc) is 2.46. The third-order valence-electron chi connectivity index (χ3n) is 3.47. The topological polar surface area (TPSA) is 12.0 Å². The normalized spacial score (nSPS) is 12.4. The fourth-order valence-electron chi connectivity index (χ4n) is 2.48. The van der Waals surface area contributed by atoms with Gasteiger partial charge in [0.05, 0.1) is 4.47 Å². The molecule has 0 saturated carbocycles. The van der Waals surface area contributed by atoms with Gasteiger partial charge in [-0.1, -0.05) is 24.3 Å². The molecular formula is C17H18BrF2N. The molecule has 1 unspecified atom stereocenters. The molecule has 0 aliphatic heterocycles. The van der Waals surface area contributed by atoms with Crippen molar-refractivity contribution in [2.24, 2.45) is 5.92 Å². The van der Waals surface area contributed by atoms with Crippen molar-refractivity contribution in [3.05, 3.63) is 69.7 Å². The molecule has 0 saturated heterocycles. The van der Waals surface area contributed by atoms with Crippen molar-refractivity contribution in [3.63, 3.8) is 0 Å². The highest BCUT2D eigenvalue weighted by molar-refractivity contribution is 9.10. The quantitative estimate of drug-likeness (QED) is 0.813. The maximum Gasteiger partial charge on any atom is 0.137 e. The van der Waals surface area contributed by atoms with Crippen molar-refractivity contribution < 1.29 is 8.78 Å². The molecule has 0 aliphatic carbocycles. The van der Waals surface area contributed by atoms with Crippen LogP contribution in [0, 0.1) is 17.6 Å². The summed E-state index contributed by atoms with van der Waals surface area (Å²) in [6, 6.07) is 11.7. The lowest BCUT2D eigenvalue weighted by Gasteiger charge is -2.18. The second kappa shape index (κ2) is 7.66. The van der Waals surface area contributed by atoms with Crippen molar-refractivity contribution >= 4 is 15.9 Å². The van der Waals surface area contributed by atoms with Crippen LogP contribution in [0.4, 0.5) is 8.78 Å².